The lowest BCUT2D eigenvalue weighted by Gasteiger charge is -2.30. The van der Waals surface area contributed by atoms with Crippen LogP contribution in [0.25, 0.3) is 10.9 Å². The number of methoxy groups -OCH3 is 1. The molecule has 0 amide bonds. The summed E-state index contributed by atoms with van der Waals surface area (Å²) in [4.78, 5) is 6.90. The van der Waals surface area contributed by atoms with E-state index in [1.807, 2.05) is 19.9 Å². The van der Waals surface area contributed by atoms with Crippen molar-refractivity contribution in [3.8, 4) is 5.88 Å². The quantitative estimate of drug-likeness (QED) is 0.497. The van der Waals surface area contributed by atoms with Crippen molar-refractivity contribution < 1.29 is 23.0 Å². The number of aromatic nitrogens is 3. The fraction of sp³-hybridized carbons (Fsp3) is 0.480. The summed E-state index contributed by atoms with van der Waals surface area (Å²) in [5.41, 5.74) is 2.72. The molecule has 0 radical (unpaired) electrons. The minimum atomic E-state index is -3.32. The first kappa shape index (κ1) is 23.6. The highest BCUT2D eigenvalue weighted by Crippen LogP contribution is 2.39. The average molecular weight is 486 g/mol. The molecule has 1 aliphatic carbocycles. The molecule has 1 aromatic carbocycles. The molecule has 2 fully saturated rings. The predicted octanol–water partition coefficient (Wildman–Crippen LogP) is 4.58. The van der Waals surface area contributed by atoms with Crippen LogP contribution >= 0.6 is 0 Å². The SMILES string of the molecule is COc1nc2c(C)nnc(N[C@H](C)c3cccc(C(F)(F)OC4CC4)c3)c2cc1N1CCOCC1. The lowest BCUT2D eigenvalue weighted by molar-refractivity contribution is -0.255. The second kappa shape index (κ2) is 9.50. The third-order valence-electron chi connectivity index (χ3n) is 6.33. The summed E-state index contributed by atoms with van der Waals surface area (Å²) in [6.45, 7) is 6.44. The van der Waals surface area contributed by atoms with Crippen LogP contribution in [0.3, 0.4) is 0 Å². The molecule has 10 heteroatoms. The summed E-state index contributed by atoms with van der Waals surface area (Å²) in [5.74, 6) is 1.04. The number of benzene rings is 1. The van der Waals surface area contributed by atoms with Gasteiger partial charge in [0.05, 0.1) is 43.7 Å². The number of fused-ring (bicyclic) bond motifs is 1. The molecule has 1 N–H and O–H groups in total. The van der Waals surface area contributed by atoms with Gasteiger partial charge in [-0.25, -0.2) is 4.98 Å². The Morgan fingerprint density at radius 1 is 1.17 bits per heavy atom. The van der Waals surface area contributed by atoms with E-state index in [0.29, 0.717) is 54.5 Å². The molecular weight excluding hydrogens is 456 g/mol. The van der Waals surface area contributed by atoms with Crippen molar-refractivity contribution in [2.75, 3.05) is 43.6 Å². The molecule has 1 saturated carbocycles. The van der Waals surface area contributed by atoms with E-state index in [9.17, 15) is 8.78 Å². The Bertz CT molecular complexity index is 1220. The number of hydrogen-bond donors (Lipinski definition) is 1. The van der Waals surface area contributed by atoms with E-state index >= 15 is 0 Å². The standard InChI is InChI=1S/C25H29F2N5O3/c1-15(17-5-4-6-18(13-17)25(26,27)35-19-7-8-19)28-23-20-14-21(32-9-11-34-12-10-32)24(33-3)29-22(20)16(2)30-31-23/h4-6,13-15,19H,7-12H2,1-3H3,(H,28,31)/t15-/m1/s1. The number of hydrogen-bond acceptors (Lipinski definition) is 8. The number of halogens is 2. The van der Waals surface area contributed by atoms with E-state index in [1.165, 1.54) is 12.1 Å². The molecule has 35 heavy (non-hydrogen) atoms. The summed E-state index contributed by atoms with van der Waals surface area (Å²) >= 11 is 0. The van der Waals surface area contributed by atoms with Gasteiger partial charge < -0.3 is 24.4 Å². The van der Waals surface area contributed by atoms with Gasteiger partial charge in [-0.05, 0) is 44.4 Å². The Balaban J connectivity index is 1.47. The fourth-order valence-electron chi connectivity index (χ4n) is 4.20. The Hall–Kier alpha value is -3.11. The van der Waals surface area contributed by atoms with Crippen molar-refractivity contribution in [2.45, 2.75) is 44.9 Å². The third-order valence-corrected chi connectivity index (χ3v) is 6.33. The number of alkyl halides is 2. The highest BCUT2D eigenvalue weighted by Gasteiger charge is 2.40. The molecular formula is C25H29F2N5O3. The number of nitrogens with one attached hydrogen (secondary N) is 1. The summed E-state index contributed by atoms with van der Waals surface area (Å²) in [7, 11) is 1.60. The second-order valence-corrected chi connectivity index (χ2v) is 8.97. The smallest absolute Gasteiger partial charge is 0.383 e. The van der Waals surface area contributed by atoms with Crippen molar-refractivity contribution in [1.29, 1.82) is 0 Å². The van der Waals surface area contributed by atoms with E-state index in [4.69, 9.17) is 19.2 Å². The zero-order valence-electron chi connectivity index (χ0n) is 20.1. The van der Waals surface area contributed by atoms with Crippen LogP contribution in [-0.4, -0.2) is 54.7 Å². The molecule has 3 heterocycles. The van der Waals surface area contributed by atoms with Gasteiger partial charge in [0.2, 0.25) is 5.88 Å². The second-order valence-electron chi connectivity index (χ2n) is 8.97. The molecule has 8 nitrogen and oxygen atoms in total. The highest BCUT2D eigenvalue weighted by molar-refractivity contribution is 5.93. The summed E-state index contributed by atoms with van der Waals surface area (Å²) in [5, 5.41) is 12.8. The van der Waals surface area contributed by atoms with Gasteiger partial charge >= 0.3 is 6.11 Å². The van der Waals surface area contributed by atoms with Gasteiger partial charge in [-0.2, -0.15) is 13.9 Å². The molecule has 0 spiro atoms. The van der Waals surface area contributed by atoms with Crippen LogP contribution in [0.15, 0.2) is 30.3 Å². The van der Waals surface area contributed by atoms with Gasteiger partial charge in [-0.3, -0.25) is 0 Å². The molecule has 2 aliphatic rings. The Morgan fingerprint density at radius 2 is 1.94 bits per heavy atom. The Labute approximate surface area is 202 Å². The highest BCUT2D eigenvalue weighted by atomic mass is 19.3. The number of pyridine rings is 1. The number of aryl methyl sites for hydroxylation is 1. The normalized spacial score (nSPS) is 17.5. The van der Waals surface area contributed by atoms with Crippen molar-refractivity contribution in [3.05, 3.63) is 47.2 Å². The number of ether oxygens (including phenoxy) is 3. The van der Waals surface area contributed by atoms with Crippen molar-refractivity contribution in [3.63, 3.8) is 0 Å². The zero-order chi connectivity index (χ0) is 24.6. The Morgan fingerprint density at radius 3 is 2.66 bits per heavy atom. The monoisotopic (exact) mass is 485 g/mol. The minimum absolute atomic E-state index is 0.156. The fourth-order valence-corrected chi connectivity index (χ4v) is 4.20. The maximum Gasteiger partial charge on any atom is 0.383 e. The van der Waals surface area contributed by atoms with Gasteiger partial charge in [-0.15, -0.1) is 5.10 Å². The van der Waals surface area contributed by atoms with Gasteiger partial charge in [0, 0.05) is 18.5 Å². The van der Waals surface area contributed by atoms with Gasteiger partial charge in [0.15, 0.2) is 5.82 Å². The van der Waals surface area contributed by atoms with Crippen LogP contribution < -0.4 is 15.0 Å². The molecule has 1 aliphatic heterocycles. The summed E-state index contributed by atoms with van der Waals surface area (Å²) in [6.07, 6.45) is -2.32. The maximum absolute atomic E-state index is 14.6. The summed E-state index contributed by atoms with van der Waals surface area (Å²) in [6, 6.07) is 7.97. The van der Waals surface area contributed by atoms with Crippen LogP contribution in [0, 0.1) is 6.92 Å². The molecule has 0 unspecified atom stereocenters. The topological polar surface area (TPSA) is 81.6 Å². The molecule has 186 valence electrons. The van der Waals surface area contributed by atoms with Crippen molar-refractivity contribution >= 4 is 22.4 Å². The lowest BCUT2D eigenvalue weighted by Crippen LogP contribution is -2.36. The van der Waals surface area contributed by atoms with Gasteiger partial charge in [-0.1, -0.05) is 18.2 Å². The van der Waals surface area contributed by atoms with Crippen molar-refractivity contribution in [1.82, 2.24) is 15.2 Å². The van der Waals surface area contributed by atoms with E-state index in [1.54, 1.807) is 19.2 Å². The average Bonchev–Trinajstić information content (AvgIpc) is 3.69. The Kier molecular flexibility index (Phi) is 6.41. The summed E-state index contributed by atoms with van der Waals surface area (Å²) < 4.78 is 45.1. The van der Waals surface area contributed by atoms with Crippen LogP contribution in [-0.2, 0) is 15.6 Å². The van der Waals surface area contributed by atoms with Crippen LogP contribution in [0.2, 0.25) is 0 Å². The van der Waals surface area contributed by atoms with Gasteiger partial charge in [0.25, 0.3) is 0 Å². The lowest BCUT2D eigenvalue weighted by atomic mass is 10.0. The van der Waals surface area contributed by atoms with Crippen molar-refractivity contribution in [2.24, 2.45) is 0 Å². The molecule has 5 rings (SSSR count). The largest absolute Gasteiger partial charge is 0.480 e. The molecule has 1 saturated heterocycles. The molecule has 2 aromatic heterocycles. The van der Waals surface area contributed by atoms with E-state index < -0.39 is 6.11 Å². The van der Waals surface area contributed by atoms with Crippen LogP contribution in [0.5, 0.6) is 5.88 Å². The number of morpholine rings is 1. The van der Waals surface area contributed by atoms with E-state index in [2.05, 4.69) is 20.4 Å². The predicted molar refractivity (Wildman–Crippen MR) is 128 cm³/mol. The third kappa shape index (κ3) is 4.99. The first-order valence-corrected chi connectivity index (χ1v) is 11.8. The van der Waals surface area contributed by atoms with E-state index in [0.717, 1.165) is 24.2 Å². The van der Waals surface area contributed by atoms with Crippen LogP contribution in [0.4, 0.5) is 20.3 Å². The van der Waals surface area contributed by atoms with Crippen LogP contribution in [0.1, 0.15) is 42.6 Å². The first-order valence-electron chi connectivity index (χ1n) is 11.8. The number of nitrogens with zero attached hydrogens (tertiary/aromatic N) is 4. The van der Waals surface area contributed by atoms with Gasteiger partial charge in [0.1, 0.15) is 11.2 Å². The van der Waals surface area contributed by atoms with E-state index in [-0.39, 0.29) is 17.7 Å². The zero-order valence-corrected chi connectivity index (χ0v) is 20.1. The first-order chi connectivity index (χ1) is 16.9. The number of rotatable bonds is 8. The minimum Gasteiger partial charge on any atom is -0.480 e. The molecule has 0 bridgehead atoms. The molecule has 1 atom stereocenters. The maximum atomic E-state index is 14.6. The molecule has 3 aromatic rings. The number of anilines is 2.